The van der Waals surface area contributed by atoms with Crippen LogP contribution in [0.5, 0.6) is 0 Å². The molecule has 0 amide bonds. The summed E-state index contributed by atoms with van der Waals surface area (Å²) >= 11 is 0. The van der Waals surface area contributed by atoms with E-state index < -0.39 is 0 Å². The normalized spacial score (nSPS) is 22.8. The molecule has 1 rings (SSSR count). The van der Waals surface area contributed by atoms with Crippen molar-refractivity contribution in [1.29, 1.82) is 0 Å². The highest BCUT2D eigenvalue weighted by Gasteiger charge is 2.23. The lowest BCUT2D eigenvalue weighted by atomic mass is 9.95. The average Bonchev–Trinajstić information content (AvgIpc) is 2.65. The lowest BCUT2D eigenvalue weighted by Gasteiger charge is -2.17. The van der Waals surface area contributed by atoms with Crippen LogP contribution in [-0.4, -0.2) is 11.2 Å². The third kappa shape index (κ3) is 3.00. The van der Waals surface area contributed by atoms with Crippen molar-refractivity contribution < 1.29 is 5.11 Å². The summed E-state index contributed by atoms with van der Waals surface area (Å²) in [5.41, 5.74) is 1.10. The molecule has 1 N–H and O–H groups in total. The van der Waals surface area contributed by atoms with E-state index in [1.807, 2.05) is 32.1 Å². The largest absolute Gasteiger partial charge is 0.388 e. The van der Waals surface area contributed by atoms with Gasteiger partial charge in [0.1, 0.15) is 0 Å². The molecule has 0 aliphatic heterocycles. The molecule has 0 heterocycles. The second-order valence-corrected chi connectivity index (χ2v) is 3.93. The van der Waals surface area contributed by atoms with E-state index in [9.17, 15) is 5.11 Å². The van der Waals surface area contributed by atoms with E-state index in [0.717, 1.165) is 5.57 Å². The molecular weight excluding hydrogens is 160 g/mol. The molecule has 1 heteroatoms. The smallest absolute Gasteiger partial charge is 0.0778 e. The van der Waals surface area contributed by atoms with Gasteiger partial charge in [-0.3, -0.25) is 0 Å². The van der Waals surface area contributed by atoms with E-state index in [4.69, 9.17) is 0 Å². The van der Waals surface area contributed by atoms with Crippen LogP contribution in [-0.2, 0) is 0 Å². The first-order chi connectivity index (χ1) is 6.25. The van der Waals surface area contributed by atoms with E-state index in [-0.39, 0.29) is 6.10 Å². The van der Waals surface area contributed by atoms with Crippen molar-refractivity contribution in [2.45, 2.75) is 45.6 Å². The number of allylic oxidation sites excluding steroid dienone is 3. The van der Waals surface area contributed by atoms with Gasteiger partial charge in [0.25, 0.3) is 0 Å². The maximum absolute atomic E-state index is 9.94. The molecule has 0 aromatic carbocycles. The third-order valence-electron chi connectivity index (χ3n) is 2.86. The summed E-state index contributed by atoms with van der Waals surface area (Å²) in [5, 5.41) is 9.94. The second kappa shape index (κ2) is 5.23. The van der Waals surface area contributed by atoms with Crippen molar-refractivity contribution in [3.8, 4) is 0 Å². The Balaban J connectivity index is 2.49. The summed E-state index contributed by atoms with van der Waals surface area (Å²) in [6.45, 7) is 4.01. The highest BCUT2D eigenvalue weighted by molar-refractivity contribution is 5.14. The minimum absolute atomic E-state index is 0.210. The fourth-order valence-electron chi connectivity index (χ4n) is 1.99. The van der Waals surface area contributed by atoms with Gasteiger partial charge in [-0.05, 0) is 38.2 Å². The predicted molar refractivity (Wildman–Crippen MR) is 56.5 cm³/mol. The first-order valence-electron chi connectivity index (χ1n) is 5.23. The Bertz CT molecular complexity index is 197. The van der Waals surface area contributed by atoms with Crippen molar-refractivity contribution in [2.75, 3.05) is 0 Å². The molecule has 1 unspecified atom stereocenters. The molecule has 74 valence electrons. The van der Waals surface area contributed by atoms with Gasteiger partial charge in [0.15, 0.2) is 0 Å². The Morgan fingerprint density at radius 3 is 2.54 bits per heavy atom. The van der Waals surface area contributed by atoms with Crippen LogP contribution in [0.15, 0.2) is 23.8 Å². The number of aliphatic hydroxyl groups excluding tert-OH is 1. The van der Waals surface area contributed by atoms with E-state index in [1.165, 1.54) is 25.7 Å². The Kier molecular flexibility index (Phi) is 4.23. The quantitative estimate of drug-likeness (QED) is 0.662. The van der Waals surface area contributed by atoms with Gasteiger partial charge in [-0.15, -0.1) is 0 Å². The Hall–Kier alpha value is -0.560. The van der Waals surface area contributed by atoms with Crippen LogP contribution in [0.2, 0.25) is 0 Å². The zero-order valence-corrected chi connectivity index (χ0v) is 8.66. The van der Waals surface area contributed by atoms with E-state index in [1.54, 1.807) is 0 Å². The van der Waals surface area contributed by atoms with Crippen molar-refractivity contribution in [3.63, 3.8) is 0 Å². The molecule has 0 saturated heterocycles. The molecule has 0 aromatic rings. The Labute approximate surface area is 81.2 Å². The zero-order chi connectivity index (χ0) is 9.68. The van der Waals surface area contributed by atoms with Crippen LogP contribution >= 0.6 is 0 Å². The SMILES string of the molecule is C/C=C\C=C(/C)C(O)C1CCCC1. The van der Waals surface area contributed by atoms with Gasteiger partial charge in [0, 0.05) is 0 Å². The summed E-state index contributed by atoms with van der Waals surface area (Å²) in [5.74, 6) is 0.515. The molecule has 1 atom stereocenters. The Morgan fingerprint density at radius 2 is 2.00 bits per heavy atom. The summed E-state index contributed by atoms with van der Waals surface area (Å²) in [7, 11) is 0. The van der Waals surface area contributed by atoms with Crippen molar-refractivity contribution in [3.05, 3.63) is 23.8 Å². The van der Waals surface area contributed by atoms with E-state index in [0.29, 0.717) is 5.92 Å². The van der Waals surface area contributed by atoms with Crippen LogP contribution in [0.4, 0.5) is 0 Å². The van der Waals surface area contributed by atoms with Gasteiger partial charge in [0.2, 0.25) is 0 Å². The Morgan fingerprint density at radius 1 is 1.38 bits per heavy atom. The molecule has 1 aliphatic carbocycles. The fourth-order valence-corrected chi connectivity index (χ4v) is 1.99. The minimum Gasteiger partial charge on any atom is -0.388 e. The zero-order valence-electron chi connectivity index (χ0n) is 8.66. The summed E-state index contributed by atoms with van der Waals surface area (Å²) in [4.78, 5) is 0. The highest BCUT2D eigenvalue weighted by atomic mass is 16.3. The fraction of sp³-hybridized carbons (Fsp3) is 0.667. The molecule has 13 heavy (non-hydrogen) atoms. The molecule has 0 aromatic heterocycles. The van der Waals surface area contributed by atoms with E-state index in [2.05, 4.69) is 0 Å². The van der Waals surface area contributed by atoms with Gasteiger partial charge >= 0.3 is 0 Å². The van der Waals surface area contributed by atoms with Crippen LogP contribution in [0.25, 0.3) is 0 Å². The highest BCUT2D eigenvalue weighted by Crippen LogP contribution is 2.30. The van der Waals surface area contributed by atoms with E-state index >= 15 is 0 Å². The van der Waals surface area contributed by atoms with Crippen LogP contribution < -0.4 is 0 Å². The average molecular weight is 180 g/mol. The number of aliphatic hydroxyl groups is 1. The van der Waals surface area contributed by atoms with Gasteiger partial charge < -0.3 is 5.11 Å². The summed E-state index contributed by atoms with van der Waals surface area (Å²) in [6, 6.07) is 0. The van der Waals surface area contributed by atoms with Crippen LogP contribution in [0.3, 0.4) is 0 Å². The van der Waals surface area contributed by atoms with Gasteiger partial charge in [-0.1, -0.05) is 31.1 Å². The number of rotatable bonds is 3. The summed E-state index contributed by atoms with van der Waals surface area (Å²) < 4.78 is 0. The molecule has 0 bridgehead atoms. The first-order valence-corrected chi connectivity index (χ1v) is 5.23. The maximum Gasteiger partial charge on any atom is 0.0778 e. The molecule has 1 aliphatic rings. The predicted octanol–water partition coefficient (Wildman–Crippen LogP) is 3.06. The second-order valence-electron chi connectivity index (χ2n) is 3.93. The topological polar surface area (TPSA) is 20.2 Å². The third-order valence-corrected chi connectivity index (χ3v) is 2.86. The van der Waals surface area contributed by atoms with Crippen molar-refractivity contribution in [1.82, 2.24) is 0 Å². The monoisotopic (exact) mass is 180 g/mol. The minimum atomic E-state index is -0.210. The van der Waals surface area contributed by atoms with Gasteiger partial charge in [-0.2, -0.15) is 0 Å². The molecule has 1 saturated carbocycles. The lowest BCUT2D eigenvalue weighted by Crippen LogP contribution is -2.18. The van der Waals surface area contributed by atoms with Crippen molar-refractivity contribution in [2.24, 2.45) is 5.92 Å². The van der Waals surface area contributed by atoms with Gasteiger partial charge in [0.05, 0.1) is 6.10 Å². The molecular formula is C12H20O. The maximum atomic E-state index is 9.94. The standard InChI is InChI=1S/C12H20O/c1-3-4-7-10(2)12(13)11-8-5-6-9-11/h3-4,7,11-13H,5-6,8-9H2,1-2H3/b4-3-,10-7+. The first kappa shape index (κ1) is 10.5. The lowest BCUT2D eigenvalue weighted by molar-refractivity contribution is 0.144. The van der Waals surface area contributed by atoms with Crippen molar-refractivity contribution >= 4 is 0 Å². The van der Waals surface area contributed by atoms with Gasteiger partial charge in [-0.25, -0.2) is 0 Å². The summed E-state index contributed by atoms with van der Waals surface area (Å²) in [6.07, 6.45) is 10.8. The van der Waals surface area contributed by atoms with Crippen LogP contribution in [0, 0.1) is 5.92 Å². The number of hydrogen-bond donors (Lipinski definition) is 1. The molecule has 1 nitrogen and oxygen atoms in total. The molecule has 0 spiro atoms. The molecule has 1 fully saturated rings. The molecule has 0 radical (unpaired) electrons. The number of hydrogen-bond acceptors (Lipinski definition) is 1. The van der Waals surface area contributed by atoms with Crippen LogP contribution in [0.1, 0.15) is 39.5 Å².